The highest BCUT2D eigenvalue weighted by atomic mass is 16.5. The zero-order valence-electron chi connectivity index (χ0n) is 11.8. The van der Waals surface area contributed by atoms with Crippen molar-refractivity contribution in [2.24, 2.45) is 7.05 Å². The fourth-order valence-corrected chi connectivity index (χ4v) is 2.31. The number of nitrogens with zero attached hydrogens (tertiary/aromatic N) is 5. The van der Waals surface area contributed by atoms with Gasteiger partial charge in [0.05, 0.1) is 24.9 Å². The summed E-state index contributed by atoms with van der Waals surface area (Å²) < 4.78 is 8.24. The standard InChI is InChI=1S/C13H15N5O3/c1-16-8-10(11(21-2)5-12(16)19)13(20)17-6-9(7-17)18-4-3-14-15-18/h3-5,8-9H,6-7H2,1-2H3. The Hall–Kier alpha value is -2.64. The van der Waals surface area contributed by atoms with E-state index in [4.69, 9.17) is 4.74 Å². The quantitative estimate of drug-likeness (QED) is 0.773. The van der Waals surface area contributed by atoms with Gasteiger partial charge in [0.25, 0.3) is 11.5 Å². The van der Waals surface area contributed by atoms with Gasteiger partial charge >= 0.3 is 0 Å². The van der Waals surface area contributed by atoms with E-state index < -0.39 is 0 Å². The summed E-state index contributed by atoms with van der Waals surface area (Å²) in [5.74, 6) is 0.145. The number of hydrogen-bond donors (Lipinski definition) is 0. The predicted molar refractivity (Wildman–Crippen MR) is 73.2 cm³/mol. The summed E-state index contributed by atoms with van der Waals surface area (Å²) >= 11 is 0. The molecule has 110 valence electrons. The fraction of sp³-hybridized carbons (Fsp3) is 0.385. The van der Waals surface area contributed by atoms with Crippen LogP contribution in [-0.4, -0.2) is 50.6 Å². The van der Waals surface area contributed by atoms with E-state index in [0.29, 0.717) is 24.4 Å². The average Bonchev–Trinajstić information content (AvgIpc) is 2.93. The Morgan fingerprint density at radius 3 is 2.81 bits per heavy atom. The molecule has 0 aromatic carbocycles. The van der Waals surface area contributed by atoms with Crippen molar-refractivity contribution < 1.29 is 9.53 Å². The SMILES string of the molecule is COc1cc(=O)n(C)cc1C(=O)N1CC(n2ccnn2)C1. The first-order valence-corrected chi connectivity index (χ1v) is 6.50. The molecule has 0 atom stereocenters. The first-order valence-electron chi connectivity index (χ1n) is 6.50. The van der Waals surface area contributed by atoms with Gasteiger partial charge in [0, 0.05) is 38.6 Å². The highest BCUT2D eigenvalue weighted by molar-refractivity contribution is 5.97. The summed E-state index contributed by atoms with van der Waals surface area (Å²) in [6.07, 6.45) is 4.89. The van der Waals surface area contributed by atoms with Crippen LogP contribution in [0, 0.1) is 0 Å². The zero-order valence-corrected chi connectivity index (χ0v) is 11.8. The van der Waals surface area contributed by atoms with E-state index in [-0.39, 0.29) is 17.5 Å². The van der Waals surface area contributed by atoms with Crippen molar-refractivity contribution in [1.82, 2.24) is 24.5 Å². The number of rotatable bonds is 3. The van der Waals surface area contributed by atoms with Crippen LogP contribution in [0.5, 0.6) is 5.75 Å². The topological polar surface area (TPSA) is 82.2 Å². The summed E-state index contributed by atoms with van der Waals surface area (Å²) in [6, 6.07) is 1.47. The molecule has 0 bridgehead atoms. The second-order valence-electron chi connectivity index (χ2n) is 4.95. The van der Waals surface area contributed by atoms with Gasteiger partial charge in [0.1, 0.15) is 5.75 Å². The molecule has 0 radical (unpaired) electrons. The molecule has 1 aliphatic heterocycles. The molecule has 21 heavy (non-hydrogen) atoms. The number of likely N-dealkylation sites (tertiary alicyclic amines) is 1. The molecule has 8 nitrogen and oxygen atoms in total. The van der Waals surface area contributed by atoms with Gasteiger partial charge in [-0.2, -0.15) is 0 Å². The van der Waals surface area contributed by atoms with E-state index in [2.05, 4.69) is 10.3 Å². The molecule has 0 spiro atoms. The molecule has 2 aromatic rings. The van der Waals surface area contributed by atoms with Crippen molar-refractivity contribution in [3.05, 3.63) is 40.6 Å². The fourth-order valence-electron chi connectivity index (χ4n) is 2.31. The second kappa shape index (κ2) is 5.04. The summed E-state index contributed by atoms with van der Waals surface area (Å²) in [5.41, 5.74) is 0.171. The lowest BCUT2D eigenvalue weighted by Crippen LogP contribution is -2.51. The van der Waals surface area contributed by atoms with Crippen molar-refractivity contribution in [2.75, 3.05) is 20.2 Å². The van der Waals surface area contributed by atoms with E-state index in [9.17, 15) is 9.59 Å². The molecule has 0 N–H and O–H groups in total. The molecule has 1 saturated heterocycles. The Morgan fingerprint density at radius 1 is 1.43 bits per heavy atom. The molecular weight excluding hydrogens is 274 g/mol. The van der Waals surface area contributed by atoms with Gasteiger partial charge in [-0.05, 0) is 0 Å². The van der Waals surface area contributed by atoms with E-state index >= 15 is 0 Å². The van der Waals surface area contributed by atoms with Crippen LogP contribution in [0.3, 0.4) is 0 Å². The number of aryl methyl sites for hydroxylation is 1. The molecule has 8 heteroatoms. The third kappa shape index (κ3) is 2.28. The minimum atomic E-state index is -0.215. The van der Waals surface area contributed by atoms with Gasteiger partial charge in [-0.1, -0.05) is 5.21 Å². The van der Waals surface area contributed by atoms with Crippen LogP contribution in [0.15, 0.2) is 29.5 Å². The number of ether oxygens (including phenoxy) is 1. The minimum absolute atomic E-state index is 0.148. The van der Waals surface area contributed by atoms with Crippen LogP contribution < -0.4 is 10.3 Å². The lowest BCUT2D eigenvalue weighted by atomic mass is 10.1. The minimum Gasteiger partial charge on any atom is -0.496 e. The van der Waals surface area contributed by atoms with Crippen LogP contribution in [0.1, 0.15) is 16.4 Å². The number of pyridine rings is 1. The summed E-state index contributed by atoms with van der Waals surface area (Å²) in [6.45, 7) is 1.13. The maximum atomic E-state index is 12.5. The summed E-state index contributed by atoms with van der Waals surface area (Å²) in [5, 5.41) is 7.68. The molecule has 3 heterocycles. The van der Waals surface area contributed by atoms with Crippen molar-refractivity contribution in [3.63, 3.8) is 0 Å². The Morgan fingerprint density at radius 2 is 2.19 bits per heavy atom. The molecule has 1 fully saturated rings. The predicted octanol–water partition coefficient (Wildman–Crippen LogP) is -0.318. The van der Waals surface area contributed by atoms with Gasteiger partial charge in [-0.25, -0.2) is 4.68 Å². The smallest absolute Gasteiger partial charge is 0.259 e. The normalized spacial score (nSPS) is 14.9. The highest BCUT2D eigenvalue weighted by Gasteiger charge is 2.34. The van der Waals surface area contributed by atoms with Crippen LogP contribution in [-0.2, 0) is 7.05 Å². The summed E-state index contributed by atoms with van der Waals surface area (Å²) in [4.78, 5) is 25.7. The third-order valence-corrected chi connectivity index (χ3v) is 3.61. The van der Waals surface area contributed by atoms with Crippen LogP contribution in [0.4, 0.5) is 0 Å². The number of hydrogen-bond acceptors (Lipinski definition) is 5. The molecule has 1 aliphatic rings. The first kappa shape index (κ1) is 13.3. The van der Waals surface area contributed by atoms with Gasteiger partial charge in [-0.3, -0.25) is 9.59 Å². The van der Waals surface area contributed by atoms with Crippen molar-refractivity contribution in [1.29, 1.82) is 0 Å². The van der Waals surface area contributed by atoms with Crippen LogP contribution in [0.25, 0.3) is 0 Å². The third-order valence-electron chi connectivity index (χ3n) is 3.61. The Kier molecular flexibility index (Phi) is 3.20. The average molecular weight is 289 g/mol. The maximum absolute atomic E-state index is 12.5. The molecule has 0 saturated carbocycles. The van der Waals surface area contributed by atoms with Crippen molar-refractivity contribution >= 4 is 5.91 Å². The van der Waals surface area contributed by atoms with Gasteiger partial charge in [0.15, 0.2) is 0 Å². The molecular formula is C13H15N5O3. The molecule has 1 amide bonds. The molecule has 2 aromatic heterocycles. The van der Waals surface area contributed by atoms with Crippen molar-refractivity contribution in [3.8, 4) is 5.75 Å². The molecule has 0 unspecified atom stereocenters. The zero-order chi connectivity index (χ0) is 15.0. The Bertz CT molecular complexity index is 716. The van der Waals surface area contributed by atoms with E-state index in [1.54, 1.807) is 29.0 Å². The Labute approximate surface area is 120 Å². The monoisotopic (exact) mass is 289 g/mol. The number of methoxy groups -OCH3 is 1. The largest absolute Gasteiger partial charge is 0.496 e. The van der Waals surface area contributed by atoms with Gasteiger partial charge < -0.3 is 14.2 Å². The number of carbonyl (C=O) groups excluding carboxylic acids is 1. The van der Waals surface area contributed by atoms with Crippen LogP contribution in [0.2, 0.25) is 0 Å². The van der Waals surface area contributed by atoms with E-state index in [1.165, 1.54) is 23.9 Å². The van der Waals surface area contributed by atoms with E-state index in [1.807, 2.05) is 0 Å². The lowest BCUT2D eigenvalue weighted by Gasteiger charge is -2.39. The van der Waals surface area contributed by atoms with Gasteiger partial charge in [0.2, 0.25) is 0 Å². The van der Waals surface area contributed by atoms with E-state index in [0.717, 1.165) is 0 Å². The number of aromatic nitrogens is 4. The first-order chi connectivity index (χ1) is 10.1. The molecule has 3 rings (SSSR count). The number of amides is 1. The molecule has 0 aliphatic carbocycles. The highest BCUT2D eigenvalue weighted by Crippen LogP contribution is 2.25. The van der Waals surface area contributed by atoms with Gasteiger partial charge in [-0.15, -0.1) is 5.10 Å². The lowest BCUT2D eigenvalue weighted by molar-refractivity contribution is 0.0494. The van der Waals surface area contributed by atoms with Crippen LogP contribution >= 0.6 is 0 Å². The summed E-state index contributed by atoms with van der Waals surface area (Å²) in [7, 11) is 3.05. The number of carbonyl (C=O) groups is 1. The Balaban J connectivity index is 1.78. The van der Waals surface area contributed by atoms with Crippen molar-refractivity contribution in [2.45, 2.75) is 6.04 Å². The second-order valence-corrected chi connectivity index (χ2v) is 4.95. The maximum Gasteiger partial charge on any atom is 0.259 e.